The average molecular weight is 213 g/mol. The molecule has 88 valence electrons. The van der Waals surface area contributed by atoms with Crippen LogP contribution >= 0.6 is 0 Å². The van der Waals surface area contributed by atoms with E-state index in [-0.39, 0.29) is 17.1 Å². The van der Waals surface area contributed by atoms with Crippen molar-refractivity contribution in [3.63, 3.8) is 0 Å². The first-order valence-electron chi connectivity index (χ1n) is 5.40. The second kappa shape index (κ2) is 3.67. The van der Waals surface area contributed by atoms with Gasteiger partial charge in [0.15, 0.2) is 0 Å². The van der Waals surface area contributed by atoms with Crippen molar-refractivity contribution in [3.8, 4) is 0 Å². The van der Waals surface area contributed by atoms with Crippen LogP contribution in [-0.4, -0.2) is 54.1 Å². The van der Waals surface area contributed by atoms with Crippen LogP contribution in [0.15, 0.2) is 0 Å². The van der Waals surface area contributed by atoms with Crippen LogP contribution in [0.25, 0.3) is 0 Å². The van der Waals surface area contributed by atoms with E-state index in [1.807, 2.05) is 4.90 Å². The molecule has 1 fully saturated rings. The van der Waals surface area contributed by atoms with Gasteiger partial charge in [-0.25, -0.2) is 4.79 Å². The molecule has 0 atom stereocenters. The predicted octanol–water partition coefficient (Wildman–Crippen LogP) is 1.13. The highest BCUT2D eigenvalue weighted by atomic mass is 16.2. The molecule has 0 bridgehead atoms. The highest BCUT2D eigenvalue weighted by molar-refractivity contribution is 5.75. The van der Waals surface area contributed by atoms with Gasteiger partial charge in [0.1, 0.15) is 0 Å². The minimum absolute atomic E-state index is 0.00118. The molecular formula is C11H23N3O. The van der Waals surface area contributed by atoms with E-state index in [1.165, 1.54) is 0 Å². The highest BCUT2D eigenvalue weighted by Gasteiger charge is 2.40. The summed E-state index contributed by atoms with van der Waals surface area (Å²) < 4.78 is 0. The fraction of sp³-hybridized carbons (Fsp3) is 0.909. The van der Waals surface area contributed by atoms with Gasteiger partial charge in [-0.3, -0.25) is 0 Å². The lowest BCUT2D eigenvalue weighted by atomic mass is 9.92. The summed E-state index contributed by atoms with van der Waals surface area (Å²) in [7, 11) is 3.60. The molecule has 0 unspecified atom stereocenters. The number of nitrogens with one attached hydrogen (secondary N) is 1. The summed E-state index contributed by atoms with van der Waals surface area (Å²) in [4.78, 5) is 15.6. The van der Waals surface area contributed by atoms with E-state index in [0.717, 1.165) is 13.1 Å². The molecule has 0 aromatic carbocycles. The van der Waals surface area contributed by atoms with Gasteiger partial charge in [0.2, 0.25) is 0 Å². The summed E-state index contributed by atoms with van der Waals surface area (Å²) in [5.74, 6) is 0. The zero-order valence-electron chi connectivity index (χ0n) is 10.7. The Labute approximate surface area is 92.6 Å². The zero-order chi connectivity index (χ0) is 11.9. The van der Waals surface area contributed by atoms with Crippen LogP contribution in [-0.2, 0) is 0 Å². The molecule has 0 saturated carbocycles. The van der Waals surface area contributed by atoms with Crippen molar-refractivity contribution in [1.82, 2.24) is 15.1 Å². The third kappa shape index (κ3) is 2.62. The topological polar surface area (TPSA) is 35.6 Å². The summed E-state index contributed by atoms with van der Waals surface area (Å²) in [5.41, 5.74) is -0.113. The number of rotatable bonds is 0. The van der Waals surface area contributed by atoms with Crippen LogP contribution in [0.4, 0.5) is 4.79 Å². The molecule has 0 aromatic heterocycles. The van der Waals surface area contributed by atoms with Crippen molar-refractivity contribution < 1.29 is 4.79 Å². The van der Waals surface area contributed by atoms with E-state index in [0.29, 0.717) is 0 Å². The Bertz CT molecular complexity index is 259. The fourth-order valence-electron chi connectivity index (χ4n) is 1.78. The molecule has 1 rings (SSSR count). The average Bonchev–Trinajstić information content (AvgIpc) is 2.08. The Kier molecular flexibility index (Phi) is 3.01. The van der Waals surface area contributed by atoms with E-state index >= 15 is 0 Å². The first kappa shape index (κ1) is 12.3. The van der Waals surface area contributed by atoms with Gasteiger partial charge in [0.05, 0.1) is 5.54 Å². The van der Waals surface area contributed by atoms with Gasteiger partial charge >= 0.3 is 6.03 Å². The monoisotopic (exact) mass is 213 g/mol. The normalized spacial score (nSPS) is 23.7. The standard InChI is InChI=1S/C11H23N3O/c1-10(2)8-14(9(15)13(5)6)11(3,4)7-12-10/h12H,7-8H2,1-6H3. The lowest BCUT2D eigenvalue weighted by Gasteiger charge is -2.50. The van der Waals surface area contributed by atoms with Gasteiger partial charge in [0.25, 0.3) is 0 Å². The molecule has 4 nitrogen and oxygen atoms in total. The fourth-order valence-corrected chi connectivity index (χ4v) is 1.78. The molecule has 1 aliphatic rings. The van der Waals surface area contributed by atoms with Crippen LogP contribution in [0, 0.1) is 0 Å². The van der Waals surface area contributed by atoms with E-state index in [9.17, 15) is 4.79 Å². The van der Waals surface area contributed by atoms with Crippen LogP contribution in [0.2, 0.25) is 0 Å². The molecule has 0 spiro atoms. The molecule has 1 saturated heterocycles. The van der Waals surface area contributed by atoms with E-state index in [2.05, 4.69) is 33.0 Å². The van der Waals surface area contributed by atoms with Gasteiger partial charge in [-0.2, -0.15) is 0 Å². The minimum Gasteiger partial charge on any atom is -0.331 e. The molecule has 1 N–H and O–H groups in total. The van der Waals surface area contributed by atoms with Crippen molar-refractivity contribution >= 4 is 6.03 Å². The van der Waals surface area contributed by atoms with E-state index in [1.54, 1.807) is 19.0 Å². The Morgan fingerprint density at radius 3 is 2.27 bits per heavy atom. The molecule has 0 radical (unpaired) electrons. The maximum absolute atomic E-state index is 12.0. The van der Waals surface area contributed by atoms with Gasteiger partial charge in [0, 0.05) is 32.7 Å². The Hall–Kier alpha value is -0.770. The van der Waals surface area contributed by atoms with Crippen molar-refractivity contribution in [3.05, 3.63) is 0 Å². The van der Waals surface area contributed by atoms with Crippen molar-refractivity contribution in [1.29, 1.82) is 0 Å². The SMILES string of the molecule is CN(C)C(=O)N1CC(C)(C)NCC1(C)C. The molecule has 2 amide bonds. The van der Waals surface area contributed by atoms with Gasteiger partial charge in [-0.1, -0.05) is 0 Å². The highest BCUT2D eigenvalue weighted by Crippen LogP contribution is 2.24. The van der Waals surface area contributed by atoms with Crippen LogP contribution in [0.3, 0.4) is 0 Å². The maximum atomic E-state index is 12.0. The summed E-state index contributed by atoms with van der Waals surface area (Å²) in [6, 6.07) is 0.0922. The Balaban J connectivity index is 2.86. The summed E-state index contributed by atoms with van der Waals surface area (Å²) in [6.45, 7) is 10.0. The number of amides is 2. The van der Waals surface area contributed by atoms with Gasteiger partial charge in [-0.15, -0.1) is 0 Å². The number of nitrogens with zero attached hydrogens (tertiary/aromatic N) is 2. The number of piperazine rings is 1. The number of carbonyl (C=O) groups excluding carboxylic acids is 1. The first-order chi connectivity index (χ1) is 6.66. The molecule has 0 aliphatic carbocycles. The summed E-state index contributed by atoms with van der Waals surface area (Å²) in [5, 5.41) is 3.46. The van der Waals surface area contributed by atoms with E-state index < -0.39 is 0 Å². The number of urea groups is 1. The largest absolute Gasteiger partial charge is 0.331 e. The number of hydrogen-bond donors (Lipinski definition) is 1. The molecule has 15 heavy (non-hydrogen) atoms. The zero-order valence-corrected chi connectivity index (χ0v) is 10.7. The Morgan fingerprint density at radius 1 is 1.27 bits per heavy atom. The molecular weight excluding hydrogens is 190 g/mol. The second-order valence-corrected chi connectivity index (χ2v) is 5.81. The van der Waals surface area contributed by atoms with Gasteiger partial charge in [-0.05, 0) is 27.7 Å². The number of carbonyl (C=O) groups is 1. The lowest BCUT2D eigenvalue weighted by Crippen LogP contribution is -2.68. The Morgan fingerprint density at radius 2 is 1.80 bits per heavy atom. The minimum atomic E-state index is -0.114. The van der Waals surface area contributed by atoms with Crippen molar-refractivity contribution in [2.24, 2.45) is 0 Å². The van der Waals surface area contributed by atoms with Crippen LogP contribution in [0.5, 0.6) is 0 Å². The van der Waals surface area contributed by atoms with Crippen molar-refractivity contribution in [2.75, 3.05) is 27.2 Å². The molecule has 1 aliphatic heterocycles. The molecule has 0 aromatic rings. The number of hydrogen-bond acceptors (Lipinski definition) is 2. The maximum Gasteiger partial charge on any atom is 0.320 e. The third-order valence-corrected chi connectivity index (χ3v) is 2.90. The smallest absolute Gasteiger partial charge is 0.320 e. The molecule has 4 heteroatoms. The molecule has 1 heterocycles. The first-order valence-corrected chi connectivity index (χ1v) is 5.40. The predicted molar refractivity (Wildman–Crippen MR) is 61.9 cm³/mol. The quantitative estimate of drug-likeness (QED) is 0.655. The van der Waals surface area contributed by atoms with Crippen molar-refractivity contribution in [2.45, 2.75) is 38.8 Å². The van der Waals surface area contributed by atoms with E-state index in [4.69, 9.17) is 0 Å². The van der Waals surface area contributed by atoms with Crippen LogP contribution < -0.4 is 5.32 Å². The third-order valence-electron chi connectivity index (χ3n) is 2.90. The lowest BCUT2D eigenvalue weighted by molar-refractivity contribution is 0.0554. The summed E-state index contributed by atoms with van der Waals surface area (Å²) in [6.07, 6.45) is 0. The second-order valence-electron chi connectivity index (χ2n) is 5.81. The van der Waals surface area contributed by atoms with Crippen LogP contribution in [0.1, 0.15) is 27.7 Å². The summed E-state index contributed by atoms with van der Waals surface area (Å²) >= 11 is 0. The van der Waals surface area contributed by atoms with Gasteiger partial charge < -0.3 is 15.1 Å².